The third-order valence-corrected chi connectivity index (χ3v) is 3.58. The van der Waals surface area contributed by atoms with Gasteiger partial charge in [-0.15, -0.1) is 0 Å². The van der Waals surface area contributed by atoms with Crippen LogP contribution in [-0.4, -0.2) is 17.2 Å². The van der Waals surface area contributed by atoms with Crippen LogP contribution in [0.15, 0.2) is 50.4 Å². The second-order valence-electron chi connectivity index (χ2n) is 4.03. The fourth-order valence-corrected chi connectivity index (χ4v) is 2.80. The standard InChI is InChI=1S/C14H9Br2FN2O2/c15-10-4-9(13(20)12(16)6-10)7-18-19-14(21)8-2-1-3-11(17)5-8/h1-7,20H,(H,19,21). The Morgan fingerprint density at radius 1 is 1.29 bits per heavy atom. The number of rotatable bonds is 3. The minimum Gasteiger partial charge on any atom is -0.506 e. The number of benzene rings is 2. The quantitative estimate of drug-likeness (QED) is 0.591. The molecule has 0 unspecified atom stereocenters. The minimum absolute atomic E-state index is 0.00181. The Kier molecular flexibility index (Phi) is 5.08. The van der Waals surface area contributed by atoms with Gasteiger partial charge in [0.05, 0.1) is 10.7 Å². The Balaban J connectivity index is 2.11. The number of nitrogens with zero attached hydrogens (tertiary/aromatic N) is 1. The van der Waals surface area contributed by atoms with Crippen LogP contribution in [0.5, 0.6) is 5.75 Å². The molecule has 2 N–H and O–H groups in total. The Morgan fingerprint density at radius 2 is 2.05 bits per heavy atom. The molecule has 0 atom stereocenters. The number of hydrogen-bond donors (Lipinski definition) is 2. The molecule has 0 heterocycles. The first kappa shape index (κ1) is 15.7. The summed E-state index contributed by atoms with van der Waals surface area (Å²) < 4.78 is 14.2. The third-order valence-electron chi connectivity index (χ3n) is 2.51. The maximum absolute atomic E-state index is 13.0. The maximum atomic E-state index is 13.0. The van der Waals surface area contributed by atoms with Gasteiger partial charge in [-0.1, -0.05) is 22.0 Å². The van der Waals surface area contributed by atoms with Gasteiger partial charge in [-0.2, -0.15) is 5.10 Å². The van der Waals surface area contributed by atoms with Gasteiger partial charge in [0.15, 0.2) is 0 Å². The normalized spacial score (nSPS) is 10.8. The second kappa shape index (κ2) is 6.82. The molecule has 1 amide bonds. The number of carbonyl (C=O) groups excluding carboxylic acids is 1. The molecule has 4 nitrogen and oxygen atoms in total. The average Bonchev–Trinajstić information content (AvgIpc) is 2.43. The largest absolute Gasteiger partial charge is 0.506 e. The molecule has 0 spiro atoms. The summed E-state index contributed by atoms with van der Waals surface area (Å²) in [5.74, 6) is -1.04. The van der Waals surface area contributed by atoms with E-state index in [0.717, 1.165) is 10.5 Å². The lowest BCUT2D eigenvalue weighted by Crippen LogP contribution is -2.17. The van der Waals surface area contributed by atoms with Crippen LogP contribution in [0.1, 0.15) is 15.9 Å². The van der Waals surface area contributed by atoms with Crippen LogP contribution in [0.2, 0.25) is 0 Å². The van der Waals surface area contributed by atoms with Gasteiger partial charge in [-0.25, -0.2) is 9.82 Å². The molecule has 0 aliphatic carbocycles. The van der Waals surface area contributed by atoms with Crippen molar-refractivity contribution in [1.82, 2.24) is 5.43 Å². The molecule has 0 saturated heterocycles. The Morgan fingerprint density at radius 3 is 2.76 bits per heavy atom. The van der Waals surface area contributed by atoms with Gasteiger partial charge >= 0.3 is 0 Å². The first-order chi connectivity index (χ1) is 9.97. The molecule has 0 aromatic heterocycles. The summed E-state index contributed by atoms with van der Waals surface area (Å²) in [5, 5.41) is 13.6. The number of phenols is 1. The minimum atomic E-state index is -0.542. The fourth-order valence-electron chi connectivity index (χ4n) is 1.54. The van der Waals surface area contributed by atoms with Crippen molar-refractivity contribution >= 4 is 44.0 Å². The molecular formula is C14H9Br2FN2O2. The van der Waals surface area contributed by atoms with Gasteiger partial charge in [0.25, 0.3) is 5.91 Å². The highest BCUT2D eigenvalue weighted by Crippen LogP contribution is 2.30. The summed E-state index contributed by atoms with van der Waals surface area (Å²) >= 11 is 6.47. The van der Waals surface area contributed by atoms with Crippen LogP contribution >= 0.6 is 31.9 Å². The molecule has 2 aromatic rings. The Bertz CT molecular complexity index is 720. The predicted molar refractivity (Wildman–Crippen MR) is 85.0 cm³/mol. The topological polar surface area (TPSA) is 61.7 Å². The second-order valence-corrected chi connectivity index (χ2v) is 5.80. The monoisotopic (exact) mass is 414 g/mol. The first-order valence-electron chi connectivity index (χ1n) is 5.74. The van der Waals surface area contributed by atoms with E-state index in [1.165, 1.54) is 24.4 Å². The van der Waals surface area contributed by atoms with E-state index in [4.69, 9.17) is 0 Å². The lowest BCUT2D eigenvalue weighted by Gasteiger charge is -2.03. The lowest BCUT2D eigenvalue weighted by atomic mass is 10.2. The smallest absolute Gasteiger partial charge is 0.271 e. The summed E-state index contributed by atoms with van der Waals surface area (Å²) in [6.07, 6.45) is 1.29. The highest BCUT2D eigenvalue weighted by atomic mass is 79.9. The van der Waals surface area contributed by atoms with Gasteiger partial charge in [-0.3, -0.25) is 4.79 Å². The van der Waals surface area contributed by atoms with Crippen molar-refractivity contribution in [2.45, 2.75) is 0 Å². The highest BCUT2D eigenvalue weighted by molar-refractivity contribution is 9.11. The summed E-state index contributed by atoms with van der Waals surface area (Å²) in [5.41, 5.74) is 2.83. The van der Waals surface area contributed by atoms with Gasteiger partial charge in [0, 0.05) is 15.6 Å². The Hall–Kier alpha value is -1.73. The van der Waals surface area contributed by atoms with E-state index >= 15 is 0 Å². The molecule has 0 saturated carbocycles. The maximum Gasteiger partial charge on any atom is 0.271 e. The van der Waals surface area contributed by atoms with Gasteiger partial charge in [-0.05, 0) is 46.3 Å². The van der Waals surface area contributed by atoms with Crippen molar-refractivity contribution < 1.29 is 14.3 Å². The van der Waals surface area contributed by atoms with Gasteiger partial charge in [0.2, 0.25) is 0 Å². The number of halogens is 3. The van der Waals surface area contributed by atoms with Crippen LogP contribution in [-0.2, 0) is 0 Å². The van der Waals surface area contributed by atoms with Crippen LogP contribution in [0, 0.1) is 5.82 Å². The summed E-state index contributed by atoms with van der Waals surface area (Å²) in [6.45, 7) is 0. The molecule has 108 valence electrons. The van der Waals surface area contributed by atoms with Gasteiger partial charge < -0.3 is 5.11 Å². The zero-order valence-electron chi connectivity index (χ0n) is 10.5. The van der Waals surface area contributed by atoms with Crippen LogP contribution in [0.3, 0.4) is 0 Å². The number of aromatic hydroxyl groups is 1. The molecule has 2 rings (SSSR count). The zero-order chi connectivity index (χ0) is 15.4. The molecule has 2 aromatic carbocycles. The summed E-state index contributed by atoms with van der Waals surface area (Å²) in [4.78, 5) is 11.7. The average molecular weight is 416 g/mol. The zero-order valence-corrected chi connectivity index (χ0v) is 13.7. The highest BCUT2D eigenvalue weighted by Gasteiger charge is 2.07. The van der Waals surface area contributed by atoms with Crippen molar-refractivity contribution in [3.63, 3.8) is 0 Å². The number of amides is 1. The molecule has 0 aliphatic rings. The molecule has 0 bridgehead atoms. The number of hydrogen-bond acceptors (Lipinski definition) is 3. The first-order valence-corrected chi connectivity index (χ1v) is 7.33. The van der Waals surface area contributed by atoms with E-state index in [-0.39, 0.29) is 11.3 Å². The molecule has 21 heavy (non-hydrogen) atoms. The Labute approximate surface area is 136 Å². The molecule has 0 radical (unpaired) electrons. The number of hydrazone groups is 1. The number of phenolic OH excluding ortho intramolecular Hbond substituents is 1. The van der Waals surface area contributed by atoms with Crippen LogP contribution in [0.25, 0.3) is 0 Å². The van der Waals surface area contributed by atoms with E-state index in [0.29, 0.717) is 10.0 Å². The lowest BCUT2D eigenvalue weighted by molar-refractivity contribution is 0.0954. The van der Waals surface area contributed by atoms with Crippen molar-refractivity contribution in [2.75, 3.05) is 0 Å². The van der Waals surface area contributed by atoms with E-state index in [2.05, 4.69) is 42.4 Å². The van der Waals surface area contributed by atoms with Crippen LogP contribution < -0.4 is 5.43 Å². The summed E-state index contributed by atoms with van der Waals surface area (Å²) in [6, 6.07) is 8.58. The third kappa shape index (κ3) is 4.12. The molecule has 7 heteroatoms. The summed E-state index contributed by atoms with van der Waals surface area (Å²) in [7, 11) is 0. The molecular weight excluding hydrogens is 407 g/mol. The van der Waals surface area contributed by atoms with Gasteiger partial charge in [0.1, 0.15) is 11.6 Å². The van der Waals surface area contributed by atoms with E-state index in [1.54, 1.807) is 12.1 Å². The van der Waals surface area contributed by atoms with Crippen molar-refractivity contribution in [3.8, 4) is 5.75 Å². The van der Waals surface area contributed by atoms with E-state index in [9.17, 15) is 14.3 Å². The van der Waals surface area contributed by atoms with E-state index < -0.39 is 11.7 Å². The van der Waals surface area contributed by atoms with E-state index in [1.807, 2.05) is 0 Å². The van der Waals surface area contributed by atoms with Crippen molar-refractivity contribution in [1.29, 1.82) is 0 Å². The fraction of sp³-hybridized carbons (Fsp3) is 0. The number of carbonyl (C=O) groups is 1. The van der Waals surface area contributed by atoms with Crippen molar-refractivity contribution in [2.24, 2.45) is 5.10 Å². The molecule has 0 aliphatic heterocycles. The van der Waals surface area contributed by atoms with Crippen molar-refractivity contribution in [3.05, 3.63) is 62.3 Å². The SMILES string of the molecule is O=C(NN=Cc1cc(Br)cc(Br)c1O)c1cccc(F)c1. The number of nitrogens with one attached hydrogen (secondary N) is 1. The van der Waals surface area contributed by atoms with Crippen LogP contribution in [0.4, 0.5) is 4.39 Å². The molecule has 0 fully saturated rings. The predicted octanol–water partition coefficient (Wildman–Crippen LogP) is 3.82.